The smallest absolute Gasteiger partial charge is 0.315 e. The third kappa shape index (κ3) is 3.65. The molecular formula is C22H19N3O2. The summed E-state index contributed by atoms with van der Waals surface area (Å²) in [5, 5.41) is 10.0. The van der Waals surface area contributed by atoms with Gasteiger partial charge in [0, 0.05) is 23.2 Å². The first-order chi connectivity index (χ1) is 13.2. The maximum absolute atomic E-state index is 12.5. The van der Waals surface area contributed by atoms with E-state index in [-0.39, 0.29) is 17.8 Å². The summed E-state index contributed by atoms with van der Waals surface area (Å²) < 4.78 is 5.64. The average molecular weight is 357 g/mol. The lowest BCUT2D eigenvalue weighted by molar-refractivity contribution is -0.140. The number of pyridine rings is 2. The number of aromatic nitrogens is 2. The van der Waals surface area contributed by atoms with Gasteiger partial charge in [-0.2, -0.15) is 5.26 Å². The van der Waals surface area contributed by atoms with Gasteiger partial charge in [-0.1, -0.05) is 37.5 Å². The number of rotatable bonds is 3. The third-order valence-corrected chi connectivity index (χ3v) is 4.97. The summed E-state index contributed by atoms with van der Waals surface area (Å²) in [7, 11) is 0. The molecule has 0 atom stereocenters. The van der Waals surface area contributed by atoms with Crippen LogP contribution in [0, 0.1) is 17.2 Å². The Labute approximate surface area is 157 Å². The van der Waals surface area contributed by atoms with Crippen molar-refractivity contribution >= 4 is 16.9 Å². The quantitative estimate of drug-likeness (QED) is 0.638. The number of carbonyl (C=O) groups is 1. The molecule has 134 valence electrons. The fourth-order valence-electron chi connectivity index (χ4n) is 3.57. The number of carbonyl (C=O) groups excluding carboxylic acids is 1. The number of nitrogens with zero attached hydrogens (tertiary/aromatic N) is 3. The highest BCUT2D eigenvalue weighted by atomic mass is 16.5. The normalized spacial score (nSPS) is 14.6. The van der Waals surface area contributed by atoms with Crippen molar-refractivity contribution in [3.05, 3.63) is 54.2 Å². The second-order valence-corrected chi connectivity index (χ2v) is 6.83. The molecule has 5 nitrogen and oxygen atoms in total. The molecule has 0 bridgehead atoms. The van der Waals surface area contributed by atoms with Gasteiger partial charge in [0.1, 0.15) is 5.69 Å². The Morgan fingerprint density at radius 2 is 1.96 bits per heavy atom. The number of ether oxygens (including phenoxy) is 1. The summed E-state index contributed by atoms with van der Waals surface area (Å²) in [6.07, 6.45) is 6.79. The Balaban J connectivity index is 1.74. The van der Waals surface area contributed by atoms with Crippen LogP contribution in [0.25, 0.3) is 22.2 Å². The van der Waals surface area contributed by atoms with Gasteiger partial charge in [-0.05, 0) is 31.0 Å². The van der Waals surface area contributed by atoms with E-state index in [1.165, 1.54) is 6.42 Å². The van der Waals surface area contributed by atoms with Gasteiger partial charge in [0.25, 0.3) is 0 Å². The van der Waals surface area contributed by atoms with E-state index in [9.17, 15) is 10.1 Å². The van der Waals surface area contributed by atoms with Gasteiger partial charge in [-0.25, -0.2) is 4.98 Å². The van der Waals surface area contributed by atoms with E-state index in [4.69, 9.17) is 4.74 Å². The molecule has 1 aliphatic carbocycles. The molecular weight excluding hydrogens is 338 g/mol. The highest BCUT2D eigenvalue weighted by Crippen LogP contribution is 2.30. The fourth-order valence-corrected chi connectivity index (χ4v) is 3.57. The van der Waals surface area contributed by atoms with Crippen molar-refractivity contribution in [3.8, 4) is 23.2 Å². The zero-order valence-electron chi connectivity index (χ0n) is 14.9. The van der Waals surface area contributed by atoms with Crippen molar-refractivity contribution in [2.45, 2.75) is 32.1 Å². The Morgan fingerprint density at radius 1 is 1.11 bits per heavy atom. The van der Waals surface area contributed by atoms with Crippen molar-refractivity contribution in [1.82, 2.24) is 9.97 Å². The van der Waals surface area contributed by atoms with Crippen molar-refractivity contribution in [3.63, 3.8) is 0 Å². The highest BCUT2D eigenvalue weighted by molar-refractivity contribution is 5.92. The van der Waals surface area contributed by atoms with Crippen LogP contribution in [0.15, 0.2) is 48.7 Å². The van der Waals surface area contributed by atoms with Crippen LogP contribution in [0.2, 0.25) is 0 Å². The lowest BCUT2D eigenvalue weighted by atomic mass is 9.89. The zero-order valence-corrected chi connectivity index (χ0v) is 14.9. The zero-order chi connectivity index (χ0) is 18.6. The van der Waals surface area contributed by atoms with E-state index in [2.05, 4.69) is 16.0 Å². The maximum Gasteiger partial charge on any atom is 0.315 e. The molecule has 5 heteroatoms. The second-order valence-electron chi connectivity index (χ2n) is 6.83. The SMILES string of the molecule is N#Cc1cccc(-c2nc(OC(=O)C3CCCCC3)cc3cccnc23)c1. The van der Waals surface area contributed by atoms with E-state index in [0.29, 0.717) is 16.8 Å². The van der Waals surface area contributed by atoms with E-state index in [1.807, 2.05) is 24.3 Å². The number of hydrogen-bond donors (Lipinski definition) is 0. The maximum atomic E-state index is 12.5. The van der Waals surface area contributed by atoms with E-state index >= 15 is 0 Å². The molecule has 4 rings (SSSR count). The van der Waals surface area contributed by atoms with Gasteiger partial charge in [0.05, 0.1) is 23.1 Å². The first kappa shape index (κ1) is 17.2. The molecule has 0 unspecified atom stereocenters. The van der Waals surface area contributed by atoms with E-state index in [0.717, 1.165) is 36.6 Å². The first-order valence-corrected chi connectivity index (χ1v) is 9.22. The molecule has 2 aromatic heterocycles. The third-order valence-electron chi connectivity index (χ3n) is 4.97. The van der Waals surface area contributed by atoms with Crippen molar-refractivity contribution < 1.29 is 9.53 Å². The molecule has 0 N–H and O–H groups in total. The van der Waals surface area contributed by atoms with E-state index in [1.54, 1.807) is 24.4 Å². The van der Waals surface area contributed by atoms with Crippen molar-refractivity contribution in [2.75, 3.05) is 0 Å². The number of hydrogen-bond acceptors (Lipinski definition) is 5. The summed E-state index contributed by atoms with van der Waals surface area (Å²) in [5.74, 6) is 0.0288. The van der Waals surface area contributed by atoms with Crippen LogP contribution >= 0.6 is 0 Å². The first-order valence-electron chi connectivity index (χ1n) is 9.22. The summed E-state index contributed by atoms with van der Waals surface area (Å²) in [6.45, 7) is 0. The van der Waals surface area contributed by atoms with Gasteiger partial charge in [-0.15, -0.1) is 0 Å². The van der Waals surface area contributed by atoms with Crippen LogP contribution in [-0.4, -0.2) is 15.9 Å². The summed E-state index contributed by atoms with van der Waals surface area (Å²) in [5.41, 5.74) is 2.64. The molecule has 0 saturated heterocycles. The standard InChI is InChI=1S/C22H19N3O2/c23-14-15-6-4-9-17(12-15)21-20-18(10-5-11-24-20)13-19(25-21)27-22(26)16-7-2-1-3-8-16/h4-6,9-13,16H,1-3,7-8H2. The molecule has 0 radical (unpaired) electrons. The molecule has 1 fully saturated rings. The van der Waals surface area contributed by atoms with Gasteiger partial charge < -0.3 is 4.74 Å². The molecule has 0 spiro atoms. The number of esters is 1. The minimum atomic E-state index is -0.206. The Kier molecular flexibility index (Phi) is 4.80. The summed E-state index contributed by atoms with van der Waals surface area (Å²) >= 11 is 0. The molecule has 1 aromatic carbocycles. The molecule has 1 saturated carbocycles. The van der Waals surface area contributed by atoms with Crippen LogP contribution in [0.4, 0.5) is 0 Å². The molecule has 1 aliphatic rings. The topological polar surface area (TPSA) is 75.9 Å². The van der Waals surface area contributed by atoms with Gasteiger partial charge >= 0.3 is 5.97 Å². The predicted molar refractivity (Wildman–Crippen MR) is 102 cm³/mol. The molecule has 2 heterocycles. The lowest BCUT2D eigenvalue weighted by Gasteiger charge is -2.19. The predicted octanol–water partition coefficient (Wildman–Crippen LogP) is 4.65. The second kappa shape index (κ2) is 7.55. The minimum absolute atomic E-state index is 0.0458. The molecule has 0 aliphatic heterocycles. The van der Waals surface area contributed by atoms with Crippen molar-refractivity contribution in [2.24, 2.45) is 5.92 Å². The average Bonchev–Trinajstić information content (AvgIpc) is 2.74. The van der Waals surface area contributed by atoms with Crippen LogP contribution in [0.5, 0.6) is 5.88 Å². The molecule has 0 amide bonds. The Bertz CT molecular complexity index is 1030. The van der Waals surface area contributed by atoms with Crippen LogP contribution in [0.1, 0.15) is 37.7 Å². The van der Waals surface area contributed by atoms with E-state index < -0.39 is 0 Å². The monoisotopic (exact) mass is 357 g/mol. The summed E-state index contributed by atoms with van der Waals surface area (Å²) in [4.78, 5) is 21.5. The van der Waals surface area contributed by atoms with Gasteiger partial charge in [0.15, 0.2) is 0 Å². The van der Waals surface area contributed by atoms with Crippen LogP contribution in [-0.2, 0) is 4.79 Å². The van der Waals surface area contributed by atoms with Crippen molar-refractivity contribution in [1.29, 1.82) is 5.26 Å². The molecule has 3 aromatic rings. The van der Waals surface area contributed by atoms with Crippen LogP contribution in [0.3, 0.4) is 0 Å². The fraction of sp³-hybridized carbons (Fsp3) is 0.273. The minimum Gasteiger partial charge on any atom is -0.407 e. The molecule has 27 heavy (non-hydrogen) atoms. The van der Waals surface area contributed by atoms with Crippen LogP contribution < -0.4 is 4.74 Å². The lowest BCUT2D eigenvalue weighted by Crippen LogP contribution is -2.23. The Hall–Kier alpha value is -3.26. The number of nitriles is 1. The van der Waals surface area contributed by atoms with Gasteiger partial charge in [0.2, 0.25) is 5.88 Å². The highest BCUT2D eigenvalue weighted by Gasteiger charge is 2.24. The number of fused-ring (bicyclic) bond motifs is 1. The van der Waals surface area contributed by atoms with Gasteiger partial charge in [-0.3, -0.25) is 9.78 Å². The number of benzene rings is 1. The summed E-state index contributed by atoms with van der Waals surface area (Å²) in [6, 6.07) is 14.8. The Morgan fingerprint density at radius 3 is 2.78 bits per heavy atom. The largest absolute Gasteiger partial charge is 0.407 e.